The molecule has 27 heavy (non-hydrogen) atoms. The van der Waals surface area contributed by atoms with Crippen molar-refractivity contribution in [2.45, 2.75) is 25.7 Å². The summed E-state index contributed by atoms with van der Waals surface area (Å²) >= 11 is 0. The number of benzene rings is 1. The fraction of sp³-hybridized carbons (Fsp3) is 0.381. The summed E-state index contributed by atoms with van der Waals surface area (Å²) in [4.78, 5) is 11.3. The lowest BCUT2D eigenvalue weighted by atomic mass is 9.99. The lowest BCUT2D eigenvalue weighted by Gasteiger charge is -2.32. The largest absolute Gasteiger partial charge is 0.396 e. The number of piperidine rings is 1. The minimum absolute atomic E-state index is 0.238. The number of rotatable bonds is 6. The number of aromatic nitrogens is 3. The summed E-state index contributed by atoms with van der Waals surface area (Å²) in [6, 6.07) is 14.3. The number of aryl methyl sites for hydroxylation is 2. The number of hydrogen-bond donors (Lipinski definition) is 1. The van der Waals surface area contributed by atoms with Crippen LogP contribution in [0.15, 0.2) is 53.2 Å². The highest BCUT2D eigenvalue weighted by atomic mass is 16.5. The van der Waals surface area contributed by atoms with Gasteiger partial charge in [-0.15, -0.1) is 0 Å². The predicted molar refractivity (Wildman–Crippen MR) is 103 cm³/mol. The van der Waals surface area contributed by atoms with Crippen LogP contribution >= 0.6 is 0 Å². The van der Waals surface area contributed by atoms with Gasteiger partial charge in [-0.2, -0.15) is 4.98 Å². The molecule has 4 rings (SSSR count). The molecule has 0 aliphatic carbocycles. The molecule has 0 amide bonds. The molecule has 0 spiro atoms. The van der Waals surface area contributed by atoms with Crippen molar-refractivity contribution in [2.24, 2.45) is 5.92 Å². The molecule has 1 atom stereocenters. The molecule has 2 aromatic heterocycles. The topological polar surface area (TPSA) is 75.3 Å². The first kappa shape index (κ1) is 17.7. The maximum absolute atomic E-state index is 9.39. The molecule has 0 radical (unpaired) electrons. The summed E-state index contributed by atoms with van der Waals surface area (Å²) in [5.41, 5.74) is 2.09. The maximum Gasteiger partial charge on any atom is 0.259 e. The zero-order valence-corrected chi connectivity index (χ0v) is 15.3. The number of aliphatic hydroxyl groups is 1. The Hall–Kier alpha value is -2.73. The van der Waals surface area contributed by atoms with Gasteiger partial charge in [0.1, 0.15) is 5.82 Å². The molecule has 1 aliphatic rings. The van der Waals surface area contributed by atoms with Gasteiger partial charge in [-0.1, -0.05) is 35.5 Å². The van der Waals surface area contributed by atoms with Gasteiger partial charge in [0, 0.05) is 32.3 Å². The molecule has 1 aromatic carbocycles. The van der Waals surface area contributed by atoms with Crippen LogP contribution in [0.2, 0.25) is 0 Å². The standard InChI is InChI=1S/C21H24N4O2/c26-15-17-7-4-12-25(14-17)20-11-9-18(13-22-20)21-23-19(24-27-21)10-8-16-5-2-1-3-6-16/h1-3,5-6,9,11,13,17,26H,4,7-8,10,12,14-15H2. The van der Waals surface area contributed by atoms with Crippen LogP contribution in [-0.4, -0.2) is 39.9 Å². The van der Waals surface area contributed by atoms with E-state index in [2.05, 4.69) is 32.2 Å². The molecule has 1 unspecified atom stereocenters. The van der Waals surface area contributed by atoms with Crippen LogP contribution in [0.5, 0.6) is 0 Å². The van der Waals surface area contributed by atoms with Crippen molar-refractivity contribution in [3.8, 4) is 11.5 Å². The normalized spacial score (nSPS) is 17.2. The smallest absolute Gasteiger partial charge is 0.259 e. The van der Waals surface area contributed by atoms with Crippen LogP contribution in [-0.2, 0) is 12.8 Å². The van der Waals surface area contributed by atoms with Gasteiger partial charge < -0.3 is 14.5 Å². The van der Waals surface area contributed by atoms with Gasteiger partial charge in [0.15, 0.2) is 5.82 Å². The zero-order valence-electron chi connectivity index (χ0n) is 15.3. The Morgan fingerprint density at radius 1 is 1.11 bits per heavy atom. The van der Waals surface area contributed by atoms with Crippen molar-refractivity contribution >= 4 is 5.82 Å². The minimum atomic E-state index is 0.238. The van der Waals surface area contributed by atoms with Gasteiger partial charge in [0.05, 0.1) is 5.56 Å². The molecule has 0 bridgehead atoms. The molecule has 1 saturated heterocycles. The molecule has 140 valence electrons. The van der Waals surface area contributed by atoms with Gasteiger partial charge in [-0.3, -0.25) is 0 Å². The Kier molecular flexibility index (Phi) is 5.44. The molecule has 1 aliphatic heterocycles. The van der Waals surface area contributed by atoms with Crippen LogP contribution < -0.4 is 4.90 Å². The summed E-state index contributed by atoms with van der Waals surface area (Å²) in [5.74, 6) is 2.48. The average molecular weight is 364 g/mol. The monoisotopic (exact) mass is 364 g/mol. The summed E-state index contributed by atoms with van der Waals surface area (Å²) in [6.07, 6.45) is 5.58. The van der Waals surface area contributed by atoms with Crippen molar-refractivity contribution < 1.29 is 9.63 Å². The Morgan fingerprint density at radius 2 is 2.00 bits per heavy atom. The first-order chi connectivity index (χ1) is 13.3. The highest BCUT2D eigenvalue weighted by Gasteiger charge is 2.20. The molecule has 3 heterocycles. The third-order valence-electron chi connectivity index (χ3n) is 5.04. The number of anilines is 1. The second-order valence-electron chi connectivity index (χ2n) is 7.04. The number of nitrogens with zero attached hydrogens (tertiary/aromatic N) is 4. The van der Waals surface area contributed by atoms with E-state index in [1.54, 1.807) is 6.20 Å². The molecule has 0 saturated carbocycles. The first-order valence-corrected chi connectivity index (χ1v) is 9.50. The van der Waals surface area contributed by atoms with E-state index in [1.807, 2.05) is 30.3 Å². The van der Waals surface area contributed by atoms with E-state index >= 15 is 0 Å². The Balaban J connectivity index is 1.40. The fourth-order valence-electron chi connectivity index (χ4n) is 3.50. The van der Waals surface area contributed by atoms with E-state index in [1.165, 1.54) is 5.56 Å². The van der Waals surface area contributed by atoms with Crippen LogP contribution in [0.4, 0.5) is 5.82 Å². The van der Waals surface area contributed by atoms with E-state index in [0.717, 1.165) is 50.2 Å². The van der Waals surface area contributed by atoms with Crippen LogP contribution in [0.3, 0.4) is 0 Å². The zero-order chi connectivity index (χ0) is 18.5. The minimum Gasteiger partial charge on any atom is -0.396 e. The van der Waals surface area contributed by atoms with Gasteiger partial charge in [0.2, 0.25) is 0 Å². The molecular weight excluding hydrogens is 340 g/mol. The third kappa shape index (κ3) is 4.34. The fourth-order valence-corrected chi connectivity index (χ4v) is 3.50. The molecule has 3 aromatic rings. The summed E-state index contributed by atoms with van der Waals surface area (Å²) in [5, 5.41) is 13.5. The Bertz CT molecular complexity index is 848. The summed E-state index contributed by atoms with van der Waals surface area (Å²) in [6.45, 7) is 2.07. The van der Waals surface area contributed by atoms with Gasteiger partial charge in [0.25, 0.3) is 5.89 Å². The lowest BCUT2D eigenvalue weighted by molar-refractivity contribution is 0.208. The second-order valence-corrected chi connectivity index (χ2v) is 7.04. The molecule has 1 N–H and O–H groups in total. The third-order valence-corrected chi connectivity index (χ3v) is 5.04. The van der Waals surface area contributed by atoms with Crippen molar-refractivity contribution in [3.05, 3.63) is 60.0 Å². The maximum atomic E-state index is 9.39. The summed E-state index contributed by atoms with van der Waals surface area (Å²) in [7, 11) is 0. The van der Waals surface area contributed by atoms with E-state index in [-0.39, 0.29) is 6.61 Å². The summed E-state index contributed by atoms with van der Waals surface area (Å²) < 4.78 is 5.41. The van der Waals surface area contributed by atoms with Gasteiger partial charge in [-0.05, 0) is 42.9 Å². The van der Waals surface area contributed by atoms with Crippen LogP contribution in [0.25, 0.3) is 11.5 Å². The highest BCUT2D eigenvalue weighted by Crippen LogP contribution is 2.24. The van der Waals surface area contributed by atoms with E-state index in [0.29, 0.717) is 17.6 Å². The molecule has 1 fully saturated rings. The van der Waals surface area contributed by atoms with Crippen LogP contribution in [0, 0.1) is 5.92 Å². The van der Waals surface area contributed by atoms with Crippen molar-refractivity contribution in [1.29, 1.82) is 0 Å². The van der Waals surface area contributed by atoms with Crippen LogP contribution in [0.1, 0.15) is 24.2 Å². The van der Waals surface area contributed by atoms with Gasteiger partial charge in [-0.25, -0.2) is 4.98 Å². The predicted octanol–water partition coefficient (Wildman–Crippen LogP) is 3.13. The SMILES string of the molecule is OCC1CCCN(c2ccc(-c3nc(CCc4ccccc4)no3)cn2)C1. The first-order valence-electron chi connectivity index (χ1n) is 9.50. The average Bonchev–Trinajstić information content (AvgIpc) is 3.22. The Morgan fingerprint density at radius 3 is 2.78 bits per heavy atom. The van der Waals surface area contributed by atoms with Crippen molar-refractivity contribution in [3.63, 3.8) is 0 Å². The highest BCUT2D eigenvalue weighted by molar-refractivity contribution is 5.54. The van der Waals surface area contributed by atoms with E-state index < -0.39 is 0 Å². The molecule has 6 heteroatoms. The number of pyridine rings is 1. The second kappa shape index (κ2) is 8.31. The van der Waals surface area contributed by atoms with E-state index in [9.17, 15) is 5.11 Å². The lowest BCUT2D eigenvalue weighted by Crippen LogP contribution is -2.37. The quantitative estimate of drug-likeness (QED) is 0.724. The molecular formula is C21H24N4O2. The Labute approximate surface area is 158 Å². The number of hydrogen-bond acceptors (Lipinski definition) is 6. The van der Waals surface area contributed by atoms with Crippen molar-refractivity contribution in [1.82, 2.24) is 15.1 Å². The molecule has 6 nitrogen and oxygen atoms in total. The van der Waals surface area contributed by atoms with E-state index in [4.69, 9.17) is 4.52 Å². The van der Waals surface area contributed by atoms with Crippen molar-refractivity contribution in [2.75, 3.05) is 24.6 Å². The van der Waals surface area contributed by atoms with Gasteiger partial charge >= 0.3 is 0 Å². The number of aliphatic hydroxyl groups excluding tert-OH is 1.